The number of hydrogen-bond acceptors (Lipinski definition) is 6. The van der Waals surface area contributed by atoms with Gasteiger partial charge in [0.15, 0.2) is 6.10 Å². The molecule has 6 heteroatoms. The summed E-state index contributed by atoms with van der Waals surface area (Å²) in [6.07, 6.45) is 87.4. The van der Waals surface area contributed by atoms with Crippen LogP contribution >= 0.6 is 0 Å². The molecule has 0 N–H and O–H groups in total. The third kappa shape index (κ3) is 63.4. The van der Waals surface area contributed by atoms with E-state index in [1.54, 1.807) is 0 Å². The average Bonchev–Trinajstić information content (AvgIpc) is 3.44. The molecule has 0 aliphatic rings. The first-order valence-electron chi connectivity index (χ1n) is 33.6. The minimum atomic E-state index is -0.785. The van der Waals surface area contributed by atoms with Crippen LogP contribution in [-0.4, -0.2) is 37.2 Å². The number of ether oxygens (including phenoxy) is 3. The highest BCUT2D eigenvalue weighted by atomic mass is 16.6. The molecule has 0 saturated heterocycles. The van der Waals surface area contributed by atoms with Crippen LogP contribution in [0.2, 0.25) is 0 Å². The summed E-state index contributed by atoms with van der Waals surface area (Å²) in [5.41, 5.74) is 0. The summed E-state index contributed by atoms with van der Waals surface area (Å²) >= 11 is 0. The first kappa shape index (κ1) is 74.6. The Bertz CT molecular complexity index is 1480. The number of rotatable bonds is 61. The molecule has 0 aromatic carbocycles. The maximum Gasteiger partial charge on any atom is 0.306 e. The van der Waals surface area contributed by atoms with Gasteiger partial charge in [0, 0.05) is 19.3 Å². The molecule has 0 aromatic heterocycles. The molecule has 6 nitrogen and oxygen atoms in total. The van der Waals surface area contributed by atoms with Gasteiger partial charge in [-0.25, -0.2) is 0 Å². The van der Waals surface area contributed by atoms with E-state index in [0.29, 0.717) is 19.3 Å². The van der Waals surface area contributed by atoms with Crippen LogP contribution in [0.1, 0.15) is 335 Å². The van der Waals surface area contributed by atoms with E-state index >= 15 is 0 Å². The Morgan fingerprint density at radius 1 is 0.269 bits per heavy atom. The number of hydrogen-bond donors (Lipinski definition) is 0. The van der Waals surface area contributed by atoms with Gasteiger partial charge in [0.2, 0.25) is 0 Å². The minimum absolute atomic E-state index is 0.0804. The van der Waals surface area contributed by atoms with Gasteiger partial charge in [0.05, 0.1) is 0 Å². The quantitative estimate of drug-likeness (QED) is 0.0261. The Kier molecular flexibility index (Phi) is 63.2. The van der Waals surface area contributed by atoms with E-state index < -0.39 is 6.10 Å². The van der Waals surface area contributed by atoms with Crippen LogP contribution in [-0.2, 0) is 28.6 Å². The van der Waals surface area contributed by atoms with Crippen molar-refractivity contribution in [2.45, 2.75) is 341 Å². The average molecular weight is 1090 g/mol. The van der Waals surface area contributed by atoms with E-state index in [1.165, 1.54) is 193 Å². The molecule has 0 bridgehead atoms. The summed E-state index contributed by atoms with van der Waals surface area (Å²) in [7, 11) is 0. The van der Waals surface area contributed by atoms with Crippen molar-refractivity contribution >= 4 is 17.9 Å². The van der Waals surface area contributed by atoms with Gasteiger partial charge in [-0.1, -0.05) is 286 Å². The summed E-state index contributed by atoms with van der Waals surface area (Å²) in [5.74, 6) is -0.882. The Balaban J connectivity index is 4.30. The van der Waals surface area contributed by atoms with Crippen molar-refractivity contribution in [1.29, 1.82) is 0 Å². The number of esters is 3. The highest BCUT2D eigenvalue weighted by Gasteiger charge is 2.19. The van der Waals surface area contributed by atoms with Gasteiger partial charge in [-0.2, -0.15) is 0 Å². The molecule has 1 unspecified atom stereocenters. The molecule has 0 spiro atoms. The lowest BCUT2D eigenvalue weighted by Crippen LogP contribution is -2.30. The summed E-state index contributed by atoms with van der Waals surface area (Å²) < 4.78 is 17.0. The van der Waals surface area contributed by atoms with Crippen molar-refractivity contribution < 1.29 is 28.6 Å². The number of allylic oxidation sites excluding steroid dienone is 14. The molecule has 450 valence electrons. The molecule has 0 aliphatic heterocycles. The van der Waals surface area contributed by atoms with Crippen LogP contribution in [0, 0.1) is 0 Å². The zero-order valence-corrected chi connectivity index (χ0v) is 51.7. The van der Waals surface area contributed by atoms with E-state index in [9.17, 15) is 14.4 Å². The van der Waals surface area contributed by atoms with Crippen molar-refractivity contribution in [1.82, 2.24) is 0 Å². The molecule has 0 radical (unpaired) electrons. The van der Waals surface area contributed by atoms with Gasteiger partial charge < -0.3 is 14.2 Å². The molecule has 0 fully saturated rings. The van der Waals surface area contributed by atoms with Gasteiger partial charge in [0.25, 0.3) is 0 Å². The van der Waals surface area contributed by atoms with Crippen molar-refractivity contribution in [2.24, 2.45) is 0 Å². The fourth-order valence-corrected chi connectivity index (χ4v) is 9.58. The zero-order chi connectivity index (χ0) is 56.4. The SMILES string of the molecule is CC/C=C\C/C=C\C/C=C\C/C=C\CCCCCCCCCCCCCCCCC(=O)OCC(COC(=O)CCCCCCC/C=C\CCCCCCCCC)OC(=O)CCCCCCCCC/C=C\C/C=C\CCCCC. The molecule has 0 heterocycles. The lowest BCUT2D eigenvalue weighted by molar-refractivity contribution is -0.167. The smallest absolute Gasteiger partial charge is 0.306 e. The van der Waals surface area contributed by atoms with Gasteiger partial charge in [0.1, 0.15) is 13.2 Å². The largest absolute Gasteiger partial charge is 0.462 e. The monoisotopic (exact) mass is 1090 g/mol. The zero-order valence-electron chi connectivity index (χ0n) is 51.7. The van der Waals surface area contributed by atoms with E-state index in [2.05, 4.69) is 106 Å². The first-order valence-corrected chi connectivity index (χ1v) is 33.6. The Morgan fingerprint density at radius 3 is 0.821 bits per heavy atom. The highest BCUT2D eigenvalue weighted by Crippen LogP contribution is 2.17. The standard InChI is InChI=1S/C72H126O6/c1-4-7-10-13-16-19-22-25-28-31-32-33-34-35-36-37-38-39-40-42-44-47-50-53-56-59-62-65-71(74)77-68-69(67-76-70(73)64-61-58-55-52-49-46-43-30-27-24-21-18-15-12-9-6-3)78-72(75)66-63-60-57-54-51-48-45-41-29-26-23-20-17-14-11-8-5-2/h7,10,16-17,19-20,25-26,28-30,32-33,43,69H,4-6,8-9,11-15,18,21-24,27,31,34-42,44-68H2,1-3H3/b10-7-,19-16-,20-17-,28-25-,29-26-,33-32-,43-30-. The van der Waals surface area contributed by atoms with Crippen LogP contribution in [0.4, 0.5) is 0 Å². The summed E-state index contributed by atoms with van der Waals surface area (Å²) in [6, 6.07) is 0. The van der Waals surface area contributed by atoms with Gasteiger partial charge in [-0.15, -0.1) is 0 Å². The normalized spacial score (nSPS) is 12.6. The molecule has 0 aromatic rings. The van der Waals surface area contributed by atoms with Crippen LogP contribution < -0.4 is 0 Å². The van der Waals surface area contributed by atoms with Crippen LogP contribution in [0.15, 0.2) is 85.1 Å². The van der Waals surface area contributed by atoms with Crippen LogP contribution in [0.25, 0.3) is 0 Å². The van der Waals surface area contributed by atoms with Crippen molar-refractivity contribution in [2.75, 3.05) is 13.2 Å². The number of carbonyl (C=O) groups is 3. The topological polar surface area (TPSA) is 78.9 Å². The van der Waals surface area contributed by atoms with Crippen molar-refractivity contribution in [3.8, 4) is 0 Å². The first-order chi connectivity index (χ1) is 38.5. The Hall–Kier alpha value is -3.41. The second-order valence-corrected chi connectivity index (χ2v) is 22.3. The molecule has 0 amide bonds. The van der Waals surface area contributed by atoms with E-state index in [-0.39, 0.29) is 31.1 Å². The van der Waals surface area contributed by atoms with E-state index in [1.807, 2.05) is 0 Å². The lowest BCUT2D eigenvalue weighted by atomic mass is 10.0. The molecular formula is C72H126O6. The summed E-state index contributed by atoms with van der Waals surface area (Å²) in [5, 5.41) is 0. The van der Waals surface area contributed by atoms with Crippen LogP contribution in [0.5, 0.6) is 0 Å². The third-order valence-electron chi connectivity index (χ3n) is 14.6. The molecular weight excluding hydrogens is 961 g/mol. The Morgan fingerprint density at radius 2 is 0.500 bits per heavy atom. The van der Waals surface area contributed by atoms with Crippen molar-refractivity contribution in [3.63, 3.8) is 0 Å². The fourth-order valence-electron chi connectivity index (χ4n) is 9.58. The van der Waals surface area contributed by atoms with Crippen LogP contribution in [0.3, 0.4) is 0 Å². The predicted molar refractivity (Wildman–Crippen MR) is 339 cm³/mol. The molecule has 0 aliphatic carbocycles. The fraction of sp³-hybridized carbons (Fsp3) is 0.764. The molecule has 1 atom stereocenters. The van der Waals surface area contributed by atoms with Gasteiger partial charge in [-0.3, -0.25) is 14.4 Å². The molecule has 0 saturated carbocycles. The Labute approximate surface area is 484 Å². The predicted octanol–water partition coefficient (Wildman–Crippen LogP) is 23.1. The second kappa shape index (κ2) is 66.1. The molecule has 0 rings (SSSR count). The summed E-state index contributed by atoms with van der Waals surface area (Å²) in [4.78, 5) is 38.4. The molecule has 78 heavy (non-hydrogen) atoms. The lowest BCUT2D eigenvalue weighted by Gasteiger charge is -2.18. The summed E-state index contributed by atoms with van der Waals surface area (Å²) in [6.45, 7) is 6.53. The van der Waals surface area contributed by atoms with Gasteiger partial charge in [-0.05, 0) is 116 Å². The van der Waals surface area contributed by atoms with E-state index in [4.69, 9.17) is 14.2 Å². The second-order valence-electron chi connectivity index (χ2n) is 22.3. The van der Waals surface area contributed by atoms with E-state index in [0.717, 1.165) is 103 Å². The minimum Gasteiger partial charge on any atom is -0.462 e. The number of unbranched alkanes of at least 4 members (excludes halogenated alkanes) is 36. The highest BCUT2D eigenvalue weighted by molar-refractivity contribution is 5.71. The maximum atomic E-state index is 12.9. The third-order valence-corrected chi connectivity index (χ3v) is 14.6. The van der Waals surface area contributed by atoms with Crippen molar-refractivity contribution in [3.05, 3.63) is 85.1 Å². The maximum absolute atomic E-state index is 12.9. The number of carbonyl (C=O) groups excluding carboxylic acids is 3. The van der Waals surface area contributed by atoms with Gasteiger partial charge >= 0.3 is 17.9 Å².